The standard InChI is InChI=1S/C36H41F2N8O7PS/c1-5-50-26-13-11-25(12-14-26)46-19-29(33(43-46)32-28(37)15-16-31(38)42-32)40-34(47)30-20-55-35(41-30)24-17-39-45(18-24)21-51-54(49,53-27-9-7-6-8-10-27)44-23(4)36(48)52-22(2)3/h6-10,15-20,22-23,25-26H,5,11-14,21H2,1-4H3,(H,40,47)(H,44,49)/t23-,25?,26?,54?/m0/s1. The van der Waals surface area contributed by atoms with E-state index in [2.05, 4.69) is 30.6 Å². The number of aromatic nitrogens is 6. The number of pyridine rings is 1. The van der Waals surface area contributed by atoms with E-state index in [-0.39, 0.29) is 53.5 Å². The Hall–Kier alpha value is -4.87. The molecule has 0 spiro atoms. The van der Waals surface area contributed by atoms with Gasteiger partial charge in [0.05, 0.1) is 30.1 Å². The Morgan fingerprint density at radius 2 is 1.78 bits per heavy atom. The molecule has 2 N–H and O–H groups in total. The lowest BCUT2D eigenvalue weighted by Crippen LogP contribution is -2.36. The molecular weight excluding hydrogens is 757 g/mol. The summed E-state index contributed by atoms with van der Waals surface area (Å²) in [5.74, 6) is -2.67. The van der Waals surface area contributed by atoms with Crippen LogP contribution in [0.15, 0.2) is 66.4 Å². The number of nitrogens with one attached hydrogen (secondary N) is 2. The van der Waals surface area contributed by atoms with Crippen molar-refractivity contribution in [3.63, 3.8) is 0 Å². The van der Waals surface area contributed by atoms with Crippen molar-refractivity contribution in [3.8, 4) is 27.7 Å². The highest BCUT2D eigenvalue weighted by Crippen LogP contribution is 2.45. The van der Waals surface area contributed by atoms with Crippen molar-refractivity contribution >= 4 is 36.6 Å². The predicted octanol–water partition coefficient (Wildman–Crippen LogP) is 7.41. The summed E-state index contributed by atoms with van der Waals surface area (Å²) in [5, 5.41) is 16.2. The maximum Gasteiger partial charge on any atom is 0.461 e. The molecule has 1 aromatic carbocycles. The Balaban J connectivity index is 1.16. The van der Waals surface area contributed by atoms with Crippen molar-refractivity contribution in [1.29, 1.82) is 0 Å². The number of ether oxygens (including phenoxy) is 2. The van der Waals surface area contributed by atoms with Crippen LogP contribution in [-0.4, -0.2) is 66.3 Å². The molecule has 0 saturated heterocycles. The van der Waals surface area contributed by atoms with E-state index in [4.69, 9.17) is 18.5 Å². The molecule has 55 heavy (non-hydrogen) atoms. The summed E-state index contributed by atoms with van der Waals surface area (Å²) in [5.41, 5.74) is 0.388. The number of rotatable bonds is 16. The van der Waals surface area contributed by atoms with Gasteiger partial charge >= 0.3 is 13.7 Å². The van der Waals surface area contributed by atoms with E-state index in [0.29, 0.717) is 17.2 Å². The normalized spacial score (nSPS) is 17.4. The van der Waals surface area contributed by atoms with E-state index in [1.165, 1.54) is 29.1 Å². The molecule has 5 aromatic rings. The van der Waals surface area contributed by atoms with E-state index in [9.17, 15) is 22.9 Å². The molecule has 0 radical (unpaired) electrons. The molecule has 292 valence electrons. The second-order valence-corrected chi connectivity index (χ2v) is 15.5. The second-order valence-electron chi connectivity index (χ2n) is 13.0. The maximum absolute atomic E-state index is 14.9. The summed E-state index contributed by atoms with van der Waals surface area (Å²) in [4.78, 5) is 34.2. The smallest absolute Gasteiger partial charge is 0.461 e. The molecular formula is C36H41F2N8O7PS. The lowest BCUT2D eigenvalue weighted by atomic mass is 9.93. The third-order valence-corrected chi connectivity index (χ3v) is 10.9. The van der Waals surface area contributed by atoms with Gasteiger partial charge in [0.15, 0.2) is 12.5 Å². The molecule has 0 aliphatic heterocycles. The third kappa shape index (κ3) is 10.3. The lowest BCUT2D eigenvalue weighted by molar-refractivity contribution is -0.149. The first-order chi connectivity index (χ1) is 26.4. The molecule has 15 nitrogen and oxygen atoms in total. The number of thiazole rings is 1. The highest BCUT2D eigenvalue weighted by molar-refractivity contribution is 7.52. The summed E-state index contributed by atoms with van der Waals surface area (Å²) in [6.45, 7) is 7.12. The number of benzene rings is 1. The Morgan fingerprint density at radius 3 is 2.51 bits per heavy atom. The van der Waals surface area contributed by atoms with Gasteiger partial charge in [0.25, 0.3) is 5.91 Å². The highest BCUT2D eigenvalue weighted by Gasteiger charge is 2.33. The van der Waals surface area contributed by atoms with Crippen LogP contribution in [0.2, 0.25) is 0 Å². The van der Waals surface area contributed by atoms with Gasteiger partial charge in [-0.1, -0.05) is 18.2 Å². The van der Waals surface area contributed by atoms with Crippen molar-refractivity contribution in [1.82, 2.24) is 34.6 Å². The maximum atomic E-state index is 14.9. The molecule has 1 amide bonds. The first-order valence-electron chi connectivity index (χ1n) is 17.7. The van der Waals surface area contributed by atoms with Gasteiger partial charge in [-0.15, -0.1) is 11.3 Å². The monoisotopic (exact) mass is 798 g/mol. The van der Waals surface area contributed by atoms with E-state index < -0.39 is 37.4 Å². The number of carbonyl (C=O) groups is 2. The number of halogens is 2. The Labute approximate surface area is 320 Å². The van der Waals surface area contributed by atoms with Crippen molar-refractivity contribution in [2.24, 2.45) is 0 Å². The fourth-order valence-electron chi connectivity index (χ4n) is 5.85. The minimum absolute atomic E-state index is 0.0109. The zero-order valence-corrected chi connectivity index (χ0v) is 32.3. The molecule has 6 rings (SSSR count). The van der Waals surface area contributed by atoms with Gasteiger partial charge < -0.3 is 19.3 Å². The summed E-state index contributed by atoms with van der Waals surface area (Å²) in [7, 11) is -4.15. The number of amides is 1. The fourth-order valence-corrected chi connectivity index (χ4v) is 8.06. The number of hydrogen-bond acceptors (Lipinski definition) is 12. The second kappa shape index (κ2) is 17.7. The summed E-state index contributed by atoms with van der Waals surface area (Å²) >= 11 is 1.17. The number of nitrogens with zero attached hydrogens (tertiary/aromatic N) is 6. The minimum atomic E-state index is -4.15. The zero-order valence-electron chi connectivity index (χ0n) is 30.6. The van der Waals surface area contributed by atoms with Crippen LogP contribution in [0.25, 0.3) is 22.0 Å². The quantitative estimate of drug-likeness (QED) is 0.0576. The summed E-state index contributed by atoms with van der Waals surface area (Å²) < 4.78 is 68.3. The van der Waals surface area contributed by atoms with Crippen LogP contribution < -0.4 is 14.9 Å². The van der Waals surface area contributed by atoms with Crippen LogP contribution in [-0.2, 0) is 30.1 Å². The summed E-state index contributed by atoms with van der Waals surface area (Å²) in [6.07, 6.45) is 7.58. The topological polar surface area (TPSA) is 174 Å². The van der Waals surface area contributed by atoms with Crippen LogP contribution >= 0.6 is 19.1 Å². The number of hydrogen-bond donors (Lipinski definition) is 2. The Morgan fingerprint density at radius 1 is 1.02 bits per heavy atom. The van der Waals surface area contributed by atoms with Gasteiger partial charge in [-0.25, -0.2) is 23.6 Å². The molecule has 0 bridgehead atoms. The van der Waals surface area contributed by atoms with Gasteiger partial charge in [-0.3, -0.25) is 18.8 Å². The van der Waals surface area contributed by atoms with E-state index >= 15 is 0 Å². The fraction of sp³-hybridized carbons (Fsp3) is 0.389. The molecule has 1 aliphatic carbocycles. The van der Waals surface area contributed by atoms with Gasteiger partial charge in [0.1, 0.15) is 33.9 Å². The van der Waals surface area contributed by atoms with E-state index in [1.54, 1.807) is 66.6 Å². The Kier molecular flexibility index (Phi) is 12.8. The van der Waals surface area contributed by atoms with Gasteiger partial charge in [-0.2, -0.15) is 19.7 Å². The molecule has 1 fully saturated rings. The predicted molar refractivity (Wildman–Crippen MR) is 199 cm³/mol. The van der Waals surface area contributed by atoms with Crippen molar-refractivity contribution in [3.05, 3.63) is 83.9 Å². The zero-order chi connectivity index (χ0) is 39.1. The van der Waals surface area contributed by atoms with E-state index in [0.717, 1.165) is 37.8 Å². The van der Waals surface area contributed by atoms with Crippen molar-refractivity contribution < 1.29 is 41.5 Å². The third-order valence-electron chi connectivity index (χ3n) is 8.44. The van der Waals surface area contributed by atoms with Crippen LogP contribution in [0.4, 0.5) is 14.5 Å². The van der Waals surface area contributed by atoms with Crippen LogP contribution in [0.1, 0.15) is 69.9 Å². The van der Waals surface area contributed by atoms with Crippen LogP contribution in [0, 0.1) is 11.8 Å². The summed E-state index contributed by atoms with van der Waals surface area (Å²) in [6, 6.07) is 9.15. The molecule has 4 heterocycles. The number of para-hydroxylation sites is 1. The average molecular weight is 799 g/mol. The van der Waals surface area contributed by atoms with Crippen LogP contribution in [0.5, 0.6) is 5.75 Å². The van der Waals surface area contributed by atoms with Gasteiger partial charge in [0.2, 0.25) is 5.95 Å². The minimum Gasteiger partial charge on any atom is -0.462 e. The molecule has 1 saturated carbocycles. The first-order valence-corrected chi connectivity index (χ1v) is 20.1. The Bertz CT molecular complexity index is 2140. The number of carbonyl (C=O) groups excluding carboxylic acids is 2. The SMILES string of the molecule is CCOC1CCC(n2cc(NC(=O)c3csc(-c4cnn(COP(=O)(N[C@@H](C)C(=O)OC(C)C)Oc5ccccc5)c4)n3)c(-c3nc(F)ccc3F)n2)CC1. The molecule has 2 atom stereocenters. The number of esters is 1. The molecule has 1 aliphatic rings. The molecule has 4 aromatic heterocycles. The largest absolute Gasteiger partial charge is 0.462 e. The highest BCUT2D eigenvalue weighted by atomic mass is 32.1. The molecule has 19 heteroatoms. The van der Waals surface area contributed by atoms with Crippen molar-refractivity contribution in [2.75, 3.05) is 11.9 Å². The first kappa shape index (κ1) is 39.8. The van der Waals surface area contributed by atoms with Crippen LogP contribution in [0.3, 0.4) is 0 Å². The molecule has 1 unspecified atom stereocenters. The van der Waals surface area contributed by atoms with Crippen molar-refractivity contribution in [2.45, 2.75) is 84.4 Å². The average Bonchev–Trinajstić information content (AvgIpc) is 3.93. The van der Waals surface area contributed by atoms with E-state index in [1.807, 2.05) is 6.92 Å². The van der Waals surface area contributed by atoms with Gasteiger partial charge in [0, 0.05) is 29.9 Å². The van der Waals surface area contributed by atoms with Gasteiger partial charge in [-0.05, 0) is 77.6 Å². The lowest BCUT2D eigenvalue weighted by Gasteiger charge is -2.28. The number of anilines is 1.